The minimum absolute atomic E-state index is 0.00911. The van der Waals surface area contributed by atoms with Gasteiger partial charge >= 0.3 is 0 Å². The van der Waals surface area contributed by atoms with Gasteiger partial charge in [0, 0.05) is 32.7 Å². The van der Waals surface area contributed by atoms with Gasteiger partial charge in [0.25, 0.3) is 0 Å². The lowest BCUT2D eigenvalue weighted by Crippen LogP contribution is -2.55. The second kappa shape index (κ2) is 8.83. The van der Waals surface area contributed by atoms with Crippen LogP contribution in [0.15, 0.2) is 29.2 Å². The summed E-state index contributed by atoms with van der Waals surface area (Å²) < 4.78 is 32.1. The zero-order valence-corrected chi connectivity index (χ0v) is 16.8. The van der Waals surface area contributed by atoms with Crippen molar-refractivity contribution in [3.8, 4) is 5.75 Å². The Balaban J connectivity index is 1.95. The molecule has 0 aliphatic carbocycles. The molecule has 1 amide bonds. The van der Waals surface area contributed by atoms with Crippen molar-refractivity contribution in [2.45, 2.75) is 31.7 Å². The number of carbonyl (C=O) groups excluding carboxylic acids is 1. The molecule has 2 rings (SSSR count). The van der Waals surface area contributed by atoms with Crippen LogP contribution in [-0.2, 0) is 14.8 Å². The number of rotatable bonds is 7. The van der Waals surface area contributed by atoms with Crippen LogP contribution < -0.4 is 10.1 Å². The lowest BCUT2D eigenvalue weighted by Gasteiger charge is -2.36. The fraction of sp³-hybridized carbons (Fsp3) is 0.611. The first kappa shape index (κ1) is 20.7. The number of sulfonamides is 1. The van der Waals surface area contributed by atoms with E-state index in [9.17, 15) is 13.2 Å². The molecular weight excluding hydrogens is 354 g/mol. The Morgan fingerprint density at radius 1 is 1.12 bits per heavy atom. The van der Waals surface area contributed by atoms with Crippen molar-refractivity contribution in [1.82, 2.24) is 14.5 Å². The Kier molecular flexibility index (Phi) is 7.02. The lowest BCUT2D eigenvalue weighted by molar-refractivity contribution is -0.126. The van der Waals surface area contributed by atoms with E-state index in [1.807, 2.05) is 25.7 Å². The second-order valence-electron chi connectivity index (χ2n) is 6.93. The molecule has 1 aromatic rings. The molecule has 146 valence electrons. The van der Waals surface area contributed by atoms with Crippen molar-refractivity contribution in [2.24, 2.45) is 5.92 Å². The Labute approximate surface area is 156 Å². The summed E-state index contributed by atoms with van der Waals surface area (Å²) in [4.78, 5) is 14.5. The molecule has 1 aliphatic rings. The summed E-state index contributed by atoms with van der Waals surface area (Å²) in [6.07, 6.45) is 0. The molecule has 0 spiro atoms. The first-order chi connectivity index (χ1) is 12.3. The van der Waals surface area contributed by atoms with Gasteiger partial charge < -0.3 is 10.1 Å². The van der Waals surface area contributed by atoms with Crippen molar-refractivity contribution < 1.29 is 17.9 Å². The molecule has 0 saturated carbocycles. The summed E-state index contributed by atoms with van der Waals surface area (Å²) in [6.45, 7) is 8.42. The normalized spacial score (nSPS) is 17.9. The maximum Gasteiger partial charge on any atom is 0.243 e. The molecule has 1 aromatic carbocycles. The van der Waals surface area contributed by atoms with Crippen LogP contribution in [0.2, 0.25) is 0 Å². The van der Waals surface area contributed by atoms with Crippen LogP contribution in [0, 0.1) is 5.92 Å². The molecule has 1 N–H and O–H groups in total. The van der Waals surface area contributed by atoms with E-state index in [-0.39, 0.29) is 16.8 Å². The number of hydrogen-bond donors (Lipinski definition) is 1. The highest BCUT2D eigenvalue weighted by Crippen LogP contribution is 2.21. The maximum atomic E-state index is 12.8. The number of nitrogens with zero attached hydrogens (tertiary/aromatic N) is 2. The maximum absolute atomic E-state index is 12.8. The average molecular weight is 384 g/mol. The van der Waals surface area contributed by atoms with Gasteiger partial charge in [-0.15, -0.1) is 0 Å². The summed E-state index contributed by atoms with van der Waals surface area (Å²) in [5, 5.41) is 2.93. The van der Waals surface area contributed by atoms with Gasteiger partial charge in [-0.25, -0.2) is 8.42 Å². The van der Waals surface area contributed by atoms with E-state index in [0.29, 0.717) is 44.4 Å². The highest BCUT2D eigenvalue weighted by Gasteiger charge is 2.31. The molecule has 26 heavy (non-hydrogen) atoms. The third-order valence-electron chi connectivity index (χ3n) is 4.58. The monoisotopic (exact) mass is 383 g/mol. The van der Waals surface area contributed by atoms with E-state index in [0.717, 1.165) is 0 Å². The Bertz CT molecular complexity index is 696. The van der Waals surface area contributed by atoms with Crippen LogP contribution in [-0.4, -0.2) is 69.4 Å². The highest BCUT2D eigenvalue weighted by molar-refractivity contribution is 7.89. The molecule has 0 radical (unpaired) electrons. The molecule has 1 saturated heterocycles. The molecule has 8 heteroatoms. The number of methoxy groups -OCH3 is 1. The van der Waals surface area contributed by atoms with Gasteiger partial charge in [-0.1, -0.05) is 13.8 Å². The minimum Gasteiger partial charge on any atom is -0.497 e. The van der Waals surface area contributed by atoms with Gasteiger partial charge in [0.05, 0.1) is 18.0 Å². The zero-order valence-electron chi connectivity index (χ0n) is 15.9. The van der Waals surface area contributed by atoms with Gasteiger partial charge in [-0.05, 0) is 37.1 Å². The largest absolute Gasteiger partial charge is 0.497 e. The van der Waals surface area contributed by atoms with Gasteiger partial charge in [-0.3, -0.25) is 9.69 Å². The van der Waals surface area contributed by atoms with Gasteiger partial charge in [0.1, 0.15) is 5.75 Å². The smallest absolute Gasteiger partial charge is 0.243 e. The van der Waals surface area contributed by atoms with Crippen LogP contribution in [0.5, 0.6) is 5.75 Å². The Hall–Kier alpha value is -1.64. The summed E-state index contributed by atoms with van der Waals surface area (Å²) in [6, 6.07) is 6.14. The molecule has 1 aliphatic heterocycles. The SMILES string of the molecule is COc1ccc(S(=O)(=O)N2CCN([C@@H](C)C(=O)NCC(C)C)CC2)cc1. The lowest BCUT2D eigenvalue weighted by atomic mass is 10.2. The number of ether oxygens (including phenoxy) is 1. The molecular formula is C18H29N3O4S. The van der Waals surface area contributed by atoms with Gasteiger partial charge in [-0.2, -0.15) is 4.31 Å². The van der Waals surface area contributed by atoms with Crippen molar-refractivity contribution in [3.05, 3.63) is 24.3 Å². The van der Waals surface area contributed by atoms with E-state index in [4.69, 9.17) is 4.74 Å². The molecule has 7 nitrogen and oxygen atoms in total. The number of hydrogen-bond acceptors (Lipinski definition) is 5. The third-order valence-corrected chi connectivity index (χ3v) is 6.50. The molecule has 0 bridgehead atoms. The van der Waals surface area contributed by atoms with E-state index < -0.39 is 10.0 Å². The van der Waals surface area contributed by atoms with Crippen LogP contribution in [0.3, 0.4) is 0 Å². The summed E-state index contributed by atoms with van der Waals surface area (Å²) in [7, 11) is -1.98. The van der Waals surface area contributed by atoms with Crippen LogP contribution in [0.1, 0.15) is 20.8 Å². The van der Waals surface area contributed by atoms with Crippen molar-refractivity contribution in [3.63, 3.8) is 0 Å². The predicted molar refractivity (Wildman–Crippen MR) is 101 cm³/mol. The number of amides is 1. The molecule has 1 heterocycles. The first-order valence-electron chi connectivity index (χ1n) is 8.91. The summed E-state index contributed by atoms with van der Waals surface area (Å²) >= 11 is 0. The van der Waals surface area contributed by atoms with E-state index >= 15 is 0 Å². The predicted octanol–water partition coefficient (Wildman–Crippen LogP) is 1.16. The fourth-order valence-corrected chi connectivity index (χ4v) is 4.27. The first-order valence-corrected chi connectivity index (χ1v) is 10.4. The van der Waals surface area contributed by atoms with E-state index in [2.05, 4.69) is 5.32 Å². The number of benzene rings is 1. The zero-order chi connectivity index (χ0) is 19.3. The van der Waals surface area contributed by atoms with E-state index in [1.165, 1.54) is 4.31 Å². The number of nitrogens with one attached hydrogen (secondary N) is 1. The number of carbonyl (C=O) groups is 1. The van der Waals surface area contributed by atoms with Crippen LogP contribution >= 0.6 is 0 Å². The average Bonchev–Trinajstić information content (AvgIpc) is 2.65. The Morgan fingerprint density at radius 2 is 1.69 bits per heavy atom. The highest BCUT2D eigenvalue weighted by atomic mass is 32.2. The quantitative estimate of drug-likeness (QED) is 0.764. The van der Waals surface area contributed by atoms with Crippen molar-refractivity contribution >= 4 is 15.9 Å². The number of piperazine rings is 1. The van der Waals surface area contributed by atoms with Crippen LogP contribution in [0.25, 0.3) is 0 Å². The topological polar surface area (TPSA) is 79.0 Å². The summed E-state index contributed by atoms with van der Waals surface area (Å²) in [5.74, 6) is 1.01. The molecule has 1 atom stereocenters. The second-order valence-corrected chi connectivity index (χ2v) is 8.87. The third kappa shape index (κ3) is 4.96. The van der Waals surface area contributed by atoms with Gasteiger partial charge in [0.2, 0.25) is 15.9 Å². The van der Waals surface area contributed by atoms with Crippen molar-refractivity contribution in [2.75, 3.05) is 39.8 Å². The minimum atomic E-state index is -3.53. The molecule has 0 unspecified atom stereocenters. The van der Waals surface area contributed by atoms with E-state index in [1.54, 1.807) is 31.4 Å². The summed E-state index contributed by atoms with van der Waals surface area (Å²) in [5.41, 5.74) is 0. The molecule has 0 aromatic heterocycles. The molecule has 1 fully saturated rings. The van der Waals surface area contributed by atoms with Crippen LogP contribution in [0.4, 0.5) is 0 Å². The Morgan fingerprint density at radius 3 is 2.19 bits per heavy atom. The van der Waals surface area contributed by atoms with Gasteiger partial charge in [0.15, 0.2) is 0 Å². The standard InChI is InChI=1S/C18H29N3O4S/c1-14(2)13-19-18(22)15(3)20-9-11-21(12-10-20)26(23,24)17-7-5-16(25-4)6-8-17/h5-8,14-15H,9-13H2,1-4H3,(H,19,22)/t15-/m0/s1. The fourth-order valence-electron chi connectivity index (χ4n) is 2.85. The van der Waals surface area contributed by atoms with Crippen molar-refractivity contribution in [1.29, 1.82) is 0 Å².